The van der Waals surface area contributed by atoms with Crippen LogP contribution in [0.3, 0.4) is 0 Å². The van der Waals surface area contributed by atoms with E-state index in [1.807, 2.05) is 37.3 Å². The molecule has 4 heteroatoms. The minimum absolute atomic E-state index is 0.198. The number of rotatable bonds is 5. The Balaban J connectivity index is 2.49. The van der Waals surface area contributed by atoms with E-state index in [4.69, 9.17) is 16.3 Å². The quantitative estimate of drug-likeness (QED) is 0.894. The molecule has 1 N–H and O–H groups in total. The van der Waals surface area contributed by atoms with Gasteiger partial charge in [-0.25, -0.2) is 0 Å². The van der Waals surface area contributed by atoms with Gasteiger partial charge in [-0.2, -0.15) is 0 Å². The van der Waals surface area contributed by atoms with Gasteiger partial charge in [0.05, 0.1) is 13.0 Å². The Kier molecular flexibility index (Phi) is 4.86. The summed E-state index contributed by atoms with van der Waals surface area (Å²) < 4.78 is 5.30. The van der Waals surface area contributed by atoms with Crippen molar-refractivity contribution in [3.8, 4) is 5.75 Å². The molecule has 0 fully saturated rings. The molecule has 0 aliphatic carbocycles. The zero-order chi connectivity index (χ0) is 15.4. The fourth-order valence-electron chi connectivity index (χ4n) is 2.51. The number of hydrogen-bond acceptors (Lipinski definition) is 2. The fraction of sp³-hybridized carbons (Fsp3) is 0.235. The van der Waals surface area contributed by atoms with Crippen molar-refractivity contribution in [1.29, 1.82) is 0 Å². The number of carbonyl (C=O) groups is 1. The average Bonchev–Trinajstić information content (AvgIpc) is 2.48. The van der Waals surface area contributed by atoms with Crippen molar-refractivity contribution in [2.24, 2.45) is 0 Å². The van der Waals surface area contributed by atoms with E-state index in [0.717, 1.165) is 5.56 Å². The number of methoxy groups -OCH3 is 1. The highest BCUT2D eigenvalue weighted by Crippen LogP contribution is 2.38. The van der Waals surface area contributed by atoms with Gasteiger partial charge in [0.15, 0.2) is 0 Å². The SMILES string of the molecule is COc1ccc(Cl)cc1C(C(=O)O)C(C)c1ccccc1. The molecule has 0 saturated carbocycles. The van der Waals surface area contributed by atoms with Gasteiger partial charge in [-0.1, -0.05) is 48.9 Å². The maximum absolute atomic E-state index is 11.8. The van der Waals surface area contributed by atoms with Crippen LogP contribution in [-0.2, 0) is 4.79 Å². The molecule has 2 aromatic carbocycles. The van der Waals surface area contributed by atoms with Gasteiger partial charge in [-0.05, 0) is 29.7 Å². The molecule has 2 unspecified atom stereocenters. The van der Waals surface area contributed by atoms with Crippen LogP contribution in [0.1, 0.15) is 29.9 Å². The molecular weight excluding hydrogens is 288 g/mol. The molecule has 0 radical (unpaired) electrons. The van der Waals surface area contributed by atoms with Gasteiger partial charge in [-0.15, -0.1) is 0 Å². The van der Waals surface area contributed by atoms with Gasteiger partial charge in [0.2, 0.25) is 0 Å². The normalized spacial score (nSPS) is 13.5. The highest BCUT2D eigenvalue weighted by atomic mass is 35.5. The van der Waals surface area contributed by atoms with Crippen LogP contribution in [0.5, 0.6) is 5.75 Å². The number of carboxylic acids is 1. The van der Waals surface area contributed by atoms with Gasteiger partial charge in [0, 0.05) is 10.6 Å². The van der Waals surface area contributed by atoms with Crippen molar-refractivity contribution < 1.29 is 14.6 Å². The third kappa shape index (κ3) is 3.37. The summed E-state index contributed by atoms with van der Waals surface area (Å²) in [6.07, 6.45) is 0. The summed E-state index contributed by atoms with van der Waals surface area (Å²) in [5.74, 6) is -1.28. The molecule has 0 spiro atoms. The summed E-state index contributed by atoms with van der Waals surface area (Å²) in [5, 5.41) is 10.2. The van der Waals surface area contributed by atoms with Gasteiger partial charge >= 0.3 is 5.97 Å². The zero-order valence-corrected chi connectivity index (χ0v) is 12.7. The Bertz CT molecular complexity index is 625. The van der Waals surface area contributed by atoms with Crippen LogP contribution in [0, 0.1) is 0 Å². The molecule has 0 aliphatic heterocycles. The van der Waals surface area contributed by atoms with E-state index in [1.54, 1.807) is 18.2 Å². The lowest BCUT2D eigenvalue weighted by Gasteiger charge is -2.23. The summed E-state index contributed by atoms with van der Waals surface area (Å²) >= 11 is 6.02. The smallest absolute Gasteiger partial charge is 0.311 e. The third-order valence-electron chi connectivity index (χ3n) is 3.62. The van der Waals surface area contributed by atoms with E-state index in [0.29, 0.717) is 16.3 Å². The first-order valence-corrected chi connectivity index (χ1v) is 7.03. The van der Waals surface area contributed by atoms with E-state index in [9.17, 15) is 9.90 Å². The van der Waals surface area contributed by atoms with Crippen molar-refractivity contribution in [3.05, 3.63) is 64.7 Å². The summed E-state index contributed by atoms with van der Waals surface area (Å²) in [6.45, 7) is 1.90. The molecule has 0 bridgehead atoms. The Morgan fingerprint density at radius 1 is 1.19 bits per heavy atom. The number of benzene rings is 2. The Labute approximate surface area is 129 Å². The van der Waals surface area contributed by atoms with E-state index >= 15 is 0 Å². The molecule has 0 heterocycles. The number of ether oxygens (including phenoxy) is 1. The standard InChI is InChI=1S/C17H17ClO3/c1-11(12-6-4-3-5-7-12)16(17(19)20)14-10-13(18)8-9-15(14)21-2/h3-11,16H,1-2H3,(H,19,20). The second kappa shape index (κ2) is 6.64. The number of hydrogen-bond donors (Lipinski definition) is 1. The van der Waals surface area contributed by atoms with Crippen LogP contribution < -0.4 is 4.74 Å². The summed E-state index contributed by atoms with van der Waals surface area (Å²) in [6, 6.07) is 14.6. The largest absolute Gasteiger partial charge is 0.496 e. The molecule has 2 atom stereocenters. The first-order valence-electron chi connectivity index (χ1n) is 6.65. The van der Waals surface area contributed by atoms with Crippen LogP contribution in [0.25, 0.3) is 0 Å². The highest BCUT2D eigenvalue weighted by Gasteiger charge is 2.30. The minimum atomic E-state index is -0.896. The summed E-state index contributed by atoms with van der Waals surface area (Å²) in [4.78, 5) is 11.8. The fourth-order valence-corrected chi connectivity index (χ4v) is 2.69. The van der Waals surface area contributed by atoms with Gasteiger partial charge in [-0.3, -0.25) is 4.79 Å². The average molecular weight is 305 g/mol. The molecule has 0 aromatic heterocycles. The topological polar surface area (TPSA) is 46.5 Å². The van der Waals surface area contributed by atoms with Crippen molar-refractivity contribution in [3.63, 3.8) is 0 Å². The van der Waals surface area contributed by atoms with E-state index in [2.05, 4.69) is 0 Å². The highest BCUT2D eigenvalue weighted by molar-refractivity contribution is 6.30. The van der Waals surface area contributed by atoms with Crippen molar-refractivity contribution in [1.82, 2.24) is 0 Å². The monoisotopic (exact) mass is 304 g/mol. The first kappa shape index (κ1) is 15.4. The Morgan fingerprint density at radius 2 is 1.86 bits per heavy atom. The van der Waals surface area contributed by atoms with Crippen LogP contribution >= 0.6 is 11.6 Å². The number of aliphatic carboxylic acids is 1. The molecular formula is C17H17ClO3. The lowest BCUT2D eigenvalue weighted by Crippen LogP contribution is -2.19. The van der Waals surface area contributed by atoms with E-state index in [1.165, 1.54) is 7.11 Å². The third-order valence-corrected chi connectivity index (χ3v) is 3.85. The van der Waals surface area contributed by atoms with Crippen molar-refractivity contribution in [2.75, 3.05) is 7.11 Å². The Hall–Kier alpha value is -2.00. The van der Waals surface area contributed by atoms with E-state index < -0.39 is 11.9 Å². The summed E-state index contributed by atoms with van der Waals surface area (Å²) in [7, 11) is 1.53. The van der Waals surface area contributed by atoms with Crippen LogP contribution in [0.2, 0.25) is 5.02 Å². The van der Waals surface area contributed by atoms with Gasteiger partial charge in [0.1, 0.15) is 5.75 Å². The second-order valence-corrected chi connectivity index (χ2v) is 5.34. The van der Waals surface area contributed by atoms with Crippen LogP contribution in [-0.4, -0.2) is 18.2 Å². The lowest BCUT2D eigenvalue weighted by atomic mass is 9.82. The van der Waals surface area contributed by atoms with Crippen LogP contribution in [0.4, 0.5) is 0 Å². The molecule has 2 aromatic rings. The van der Waals surface area contributed by atoms with Crippen molar-refractivity contribution in [2.45, 2.75) is 18.8 Å². The van der Waals surface area contributed by atoms with E-state index in [-0.39, 0.29) is 5.92 Å². The lowest BCUT2D eigenvalue weighted by molar-refractivity contribution is -0.139. The Morgan fingerprint density at radius 3 is 2.43 bits per heavy atom. The maximum atomic E-state index is 11.8. The zero-order valence-electron chi connectivity index (χ0n) is 11.9. The number of halogens is 1. The molecule has 21 heavy (non-hydrogen) atoms. The molecule has 0 aliphatic rings. The molecule has 0 amide bonds. The minimum Gasteiger partial charge on any atom is -0.496 e. The maximum Gasteiger partial charge on any atom is 0.311 e. The molecule has 110 valence electrons. The predicted molar refractivity (Wildman–Crippen MR) is 83.2 cm³/mol. The first-order chi connectivity index (χ1) is 10.0. The molecule has 2 rings (SSSR count). The molecule has 3 nitrogen and oxygen atoms in total. The summed E-state index contributed by atoms with van der Waals surface area (Å²) in [5.41, 5.74) is 1.56. The van der Waals surface area contributed by atoms with Crippen molar-refractivity contribution >= 4 is 17.6 Å². The number of carboxylic acid groups (broad SMARTS) is 1. The predicted octanol–water partition coefficient (Wildman–Crippen LogP) is 4.32. The van der Waals surface area contributed by atoms with Gasteiger partial charge in [0.25, 0.3) is 0 Å². The second-order valence-electron chi connectivity index (χ2n) is 4.90. The van der Waals surface area contributed by atoms with Gasteiger partial charge < -0.3 is 9.84 Å². The molecule has 0 saturated heterocycles. The van der Waals surface area contributed by atoms with Crippen LogP contribution in [0.15, 0.2) is 48.5 Å².